The Kier molecular flexibility index (Phi) is 5.83. The molecule has 0 fully saturated rings. The van der Waals surface area contributed by atoms with Gasteiger partial charge in [0.2, 0.25) is 5.84 Å². The molecule has 21 heavy (non-hydrogen) atoms. The average Bonchev–Trinajstić information content (AvgIpc) is 2.40. The molecule has 0 bridgehead atoms. The van der Waals surface area contributed by atoms with Crippen molar-refractivity contribution < 1.29 is 4.92 Å². The zero-order valence-electron chi connectivity index (χ0n) is 13.1. The number of aliphatic imine (C=N–C) groups is 1. The van der Waals surface area contributed by atoms with Crippen LogP contribution in [0.4, 0.5) is 0 Å². The molecule has 1 rings (SSSR count). The Labute approximate surface area is 124 Å². The molecule has 7 nitrogen and oxygen atoms in total. The summed E-state index contributed by atoms with van der Waals surface area (Å²) in [6.07, 6.45) is 3.22. The summed E-state index contributed by atoms with van der Waals surface area (Å²) in [5, 5.41) is 11.2. The second-order valence-corrected chi connectivity index (χ2v) is 4.95. The van der Waals surface area contributed by atoms with Gasteiger partial charge in [-0.1, -0.05) is 6.07 Å². The van der Waals surface area contributed by atoms with Crippen molar-refractivity contribution in [1.29, 1.82) is 0 Å². The summed E-state index contributed by atoms with van der Waals surface area (Å²) in [5.74, 6) is 0.328. The van der Waals surface area contributed by atoms with Crippen molar-refractivity contribution in [3.05, 3.63) is 51.6 Å². The van der Waals surface area contributed by atoms with E-state index in [9.17, 15) is 10.1 Å². The van der Waals surface area contributed by atoms with Crippen LogP contribution in [-0.2, 0) is 6.54 Å². The van der Waals surface area contributed by atoms with Gasteiger partial charge in [0, 0.05) is 46.6 Å². The van der Waals surface area contributed by atoms with Crippen molar-refractivity contribution in [2.45, 2.75) is 13.5 Å². The largest absolute Gasteiger partial charge is 0.378 e. The summed E-state index contributed by atoms with van der Waals surface area (Å²) >= 11 is 0. The van der Waals surface area contributed by atoms with Crippen LogP contribution in [0.2, 0.25) is 0 Å². The van der Waals surface area contributed by atoms with Gasteiger partial charge >= 0.3 is 5.70 Å². The normalized spacial score (nSPS) is 12.2. The van der Waals surface area contributed by atoms with Crippen LogP contribution in [0.1, 0.15) is 11.3 Å². The first kappa shape index (κ1) is 16.6. The van der Waals surface area contributed by atoms with Crippen LogP contribution in [-0.4, -0.2) is 53.7 Å². The molecular weight excluding hydrogens is 270 g/mol. The van der Waals surface area contributed by atoms with E-state index in [-0.39, 0.29) is 5.70 Å². The van der Waals surface area contributed by atoms with Gasteiger partial charge in [-0.05, 0) is 18.6 Å². The Morgan fingerprint density at radius 1 is 1.43 bits per heavy atom. The maximum atomic E-state index is 11.2. The van der Waals surface area contributed by atoms with E-state index in [1.165, 1.54) is 6.20 Å². The molecule has 1 heterocycles. The molecule has 1 aromatic rings. The van der Waals surface area contributed by atoms with Gasteiger partial charge in [0.05, 0.1) is 11.1 Å². The Morgan fingerprint density at radius 2 is 2.10 bits per heavy atom. The number of nitro groups is 1. The third kappa shape index (κ3) is 4.87. The Balaban J connectivity index is 2.98. The molecule has 0 aliphatic carbocycles. The minimum absolute atomic E-state index is 0.0370. The monoisotopic (exact) mass is 291 g/mol. The third-order valence-corrected chi connectivity index (χ3v) is 2.77. The van der Waals surface area contributed by atoms with Gasteiger partial charge in [0.1, 0.15) is 0 Å². The maximum Gasteiger partial charge on any atom is 0.326 e. The summed E-state index contributed by atoms with van der Waals surface area (Å²) < 4.78 is 0. The van der Waals surface area contributed by atoms with Gasteiger partial charge in [0.25, 0.3) is 0 Å². The number of rotatable bonds is 5. The van der Waals surface area contributed by atoms with E-state index in [4.69, 9.17) is 0 Å². The summed E-state index contributed by atoms with van der Waals surface area (Å²) in [6.45, 7) is 2.41. The second kappa shape index (κ2) is 7.37. The fourth-order valence-corrected chi connectivity index (χ4v) is 1.85. The predicted octanol–water partition coefficient (Wildman–Crippen LogP) is 1.53. The zero-order valence-corrected chi connectivity index (χ0v) is 13.1. The molecule has 0 unspecified atom stereocenters. The summed E-state index contributed by atoms with van der Waals surface area (Å²) in [4.78, 5) is 22.5. The van der Waals surface area contributed by atoms with Crippen LogP contribution in [0.25, 0.3) is 0 Å². The Hall–Kier alpha value is -2.44. The first-order chi connectivity index (χ1) is 9.85. The quantitative estimate of drug-likeness (QED) is 0.356. The molecule has 0 saturated heterocycles. The lowest BCUT2D eigenvalue weighted by molar-refractivity contribution is -0.416. The fraction of sp³-hybridized carbons (Fsp3) is 0.429. The van der Waals surface area contributed by atoms with Crippen LogP contribution in [0.5, 0.6) is 0 Å². The molecule has 7 heteroatoms. The van der Waals surface area contributed by atoms with E-state index in [2.05, 4.69) is 9.98 Å². The smallest absolute Gasteiger partial charge is 0.326 e. The molecule has 1 aromatic heterocycles. The molecule has 0 amide bonds. The van der Waals surface area contributed by atoms with Crippen molar-refractivity contribution in [3.63, 3.8) is 0 Å². The number of hydrogen-bond acceptors (Lipinski definition) is 5. The SMILES string of the molecule is CN=C(/C(=C/N(C)C)[N+](=O)[O-])N(C)Cc1ccc(C)nc1. The number of nitrogens with zero attached hydrogens (tertiary/aromatic N) is 5. The van der Waals surface area contributed by atoms with E-state index < -0.39 is 4.92 Å². The van der Waals surface area contributed by atoms with Crippen LogP contribution in [0.3, 0.4) is 0 Å². The highest BCUT2D eigenvalue weighted by molar-refractivity contribution is 5.95. The molecule has 0 aliphatic heterocycles. The van der Waals surface area contributed by atoms with Gasteiger partial charge < -0.3 is 9.80 Å². The molecule has 0 saturated carbocycles. The number of aromatic nitrogens is 1. The van der Waals surface area contributed by atoms with Gasteiger partial charge in [-0.2, -0.15) is 0 Å². The van der Waals surface area contributed by atoms with E-state index in [0.29, 0.717) is 12.4 Å². The van der Waals surface area contributed by atoms with Crippen LogP contribution < -0.4 is 0 Å². The van der Waals surface area contributed by atoms with Crippen molar-refractivity contribution >= 4 is 5.84 Å². The summed E-state index contributed by atoms with van der Waals surface area (Å²) in [6, 6.07) is 3.86. The minimum Gasteiger partial charge on any atom is -0.378 e. The standard InChI is InChI=1S/C14H21N5O2/c1-11-6-7-12(8-16-11)9-18(5)14(15-2)13(19(20)21)10-17(3)4/h6-8,10H,9H2,1-5H3/b13-10-,15-14?. The van der Waals surface area contributed by atoms with Crippen LogP contribution in [0.15, 0.2) is 35.2 Å². The van der Waals surface area contributed by atoms with Crippen molar-refractivity contribution in [1.82, 2.24) is 14.8 Å². The summed E-state index contributed by atoms with van der Waals surface area (Å²) in [7, 11) is 6.79. The molecular formula is C14H21N5O2. The van der Waals surface area contributed by atoms with E-state index in [0.717, 1.165) is 11.3 Å². The average molecular weight is 291 g/mol. The molecule has 114 valence electrons. The lowest BCUT2D eigenvalue weighted by atomic mass is 10.2. The molecule has 0 aliphatic rings. The predicted molar refractivity (Wildman–Crippen MR) is 82.6 cm³/mol. The molecule has 0 aromatic carbocycles. The number of pyridine rings is 1. The first-order valence-electron chi connectivity index (χ1n) is 6.47. The Morgan fingerprint density at radius 3 is 2.52 bits per heavy atom. The van der Waals surface area contributed by atoms with Crippen molar-refractivity contribution in [3.8, 4) is 0 Å². The number of likely N-dealkylation sites (N-methyl/N-ethyl adjacent to an activating group) is 1. The van der Waals surface area contributed by atoms with Crippen molar-refractivity contribution in [2.75, 3.05) is 28.2 Å². The second-order valence-electron chi connectivity index (χ2n) is 4.95. The number of amidine groups is 1. The highest BCUT2D eigenvalue weighted by Gasteiger charge is 2.23. The minimum atomic E-state index is -0.424. The molecule has 0 N–H and O–H groups in total. The topological polar surface area (TPSA) is 74.9 Å². The van der Waals surface area contributed by atoms with Gasteiger partial charge in [-0.15, -0.1) is 0 Å². The maximum absolute atomic E-state index is 11.2. The van der Waals surface area contributed by atoms with Gasteiger partial charge in [-0.3, -0.25) is 20.1 Å². The zero-order chi connectivity index (χ0) is 16.0. The summed E-state index contributed by atoms with van der Waals surface area (Å²) in [5.41, 5.74) is 1.87. The highest BCUT2D eigenvalue weighted by atomic mass is 16.6. The van der Waals surface area contributed by atoms with E-state index in [1.807, 2.05) is 19.1 Å². The fourth-order valence-electron chi connectivity index (χ4n) is 1.85. The highest BCUT2D eigenvalue weighted by Crippen LogP contribution is 2.09. The van der Waals surface area contributed by atoms with E-state index in [1.54, 1.807) is 44.2 Å². The lowest BCUT2D eigenvalue weighted by Gasteiger charge is -2.19. The van der Waals surface area contributed by atoms with Crippen LogP contribution in [0, 0.1) is 17.0 Å². The first-order valence-corrected chi connectivity index (χ1v) is 6.47. The molecule has 0 atom stereocenters. The number of aryl methyl sites for hydroxylation is 1. The van der Waals surface area contributed by atoms with Gasteiger partial charge in [0.15, 0.2) is 0 Å². The van der Waals surface area contributed by atoms with Gasteiger partial charge in [-0.25, -0.2) is 0 Å². The lowest BCUT2D eigenvalue weighted by Crippen LogP contribution is -2.31. The molecule has 0 spiro atoms. The third-order valence-electron chi connectivity index (χ3n) is 2.77. The van der Waals surface area contributed by atoms with Crippen LogP contribution >= 0.6 is 0 Å². The number of hydrogen-bond donors (Lipinski definition) is 0. The Bertz CT molecular complexity index is 549. The van der Waals surface area contributed by atoms with E-state index >= 15 is 0 Å². The molecule has 0 radical (unpaired) electrons. The van der Waals surface area contributed by atoms with Crippen molar-refractivity contribution in [2.24, 2.45) is 4.99 Å².